The number of benzene rings is 1. The normalized spacial score (nSPS) is 23.3. The van der Waals surface area contributed by atoms with Crippen LogP contribution in [-0.2, 0) is 16.1 Å². The van der Waals surface area contributed by atoms with Crippen LogP contribution in [0.3, 0.4) is 0 Å². The fourth-order valence-corrected chi connectivity index (χ4v) is 4.55. The fraction of sp³-hybridized carbons (Fsp3) is 0.455. The monoisotopic (exact) mass is 410 g/mol. The highest BCUT2D eigenvalue weighted by Gasteiger charge is 2.44. The number of nitrogens with zero attached hydrogens (tertiary/aromatic N) is 1. The van der Waals surface area contributed by atoms with E-state index >= 15 is 0 Å². The van der Waals surface area contributed by atoms with Crippen molar-refractivity contribution in [2.75, 3.05) is 13.1 Å². The van der Waals surface area contributed by atoms with E-state index in [1.54, 1.807) is 12.1 Å². The van der Waals surface area contributed by atoms with Gasteiger partial charge in [-0.15, -0.1) is 6.58 Å². The van der Waals surface area contributed by atoms with Crippen LogP contribution in [0.25, 0.3) is 0 Å². The van der Waals surface area contributed by atoms with Crippen molar-refractivity contribution < 1.29 is 19.2 Å². The third-order valence-corrected chi connectivity index (χ3v) is 6.27. The molecule has 0 saturated carbocycles. The molecule has 2 fully saturated rings. The Bertz CT molecular complexity index is 920. The predicted molar refractivity (Wildman–Crippen MR) is 110 cm³/mol. The van der Waals surface area contributed by atoms with Gasteiger partial charge in [-0.1, -0.05) is 12.1 Å². The number of carbonyl (C=O) groups excluding carboxylic acids is 4. The minimum absolute atomic E-state index is 0.0232. The number of nitrogens with one attached hydrogen (secondary N) is 3. The first-order valence-electron chi connectivity index (χ1n) is 10.4. The van der Waals surface area contributed by atoms with Crippen molar-refractivity contribution in [2.24, 2.45) is 0 Å². The minimum atomic E-state index is -0.942. The SMILES string of the molecule is C=CCC1(NCc2ccc3c(c2)C(=O)N(C2CCC(=O)NC2=O)C3=O)CCNCC1. The molecule has 2 saturated heterocycles. The Morgan fingerprint density at radius 2 is 1.87 bits per heavy atom. The van der Waals surface area contributed by atoms with E-state index in [1.807, 2.05) is 12.1 Å². The molecular formula is C22H26N4O4. The summed E-state index contributed by atoms with van der Waals surface area (Å²) in [5.74, 6) is -1.94. The summed E-state index contributed by atoms with van der Waals surface area (Å²) in [6.45, 7) is 6.34. The lowest BCUT2D eigenvalue weighted by Crippen LogP contribution is -2.54. The van der Waals surface area contributed by atoms with Crippen LogP contribution in [0, 0.1) is 0 Å². The van der Waals surface area contributed by atoms with E-state index in [2.05, 4.69) is 22.5 Å². The summed E-state index contributed by atoms with van der Waals surface area (Å²) >= 11 is 0. The zero-order valence-corrected chi connectivity index (χ0v) is 16.8. The van der Waals surface area contributed by atoms with Crippen LogP contribution in [0.4, 0.5) is 0 Å². The molecule has 30 heavy (non-hydrogen) atoms. The highest BCUT2D eigenvalue weighted by atomic mass is 16.2. The number of amides is 4. The van der Waals surface area contributed by atoms with E-state index in [4.69, 9.17) is 0 Å². The smallest absolute Gasteiger partial charge is 0.262 e. The van der Waals surface area contributed by atoms with Gasteiger partial charge in [-0.25, -0.2) is 0 Å². The van der Waals surface area contributed by atoms with E-state index in [1.165, 1.54) is 0 Å². The predicted octanol–water partition coefficient (Wildman–Crippen LogP) is 0.876. The van der Waals surface area contributed by atoms with Gasteiger partial charge in [0.2, 0.25) is 11.8 Å². The quantitative estimate of drug-likeness (QED) is 0.475. The summed E-state index contributed by atoms with van der Waals surface area (Å²) in [6, 6.07) is 4.29. The highest BCUT2D eigenvalue weighted by Crippen LogP contribution is 2.29. The largest absolute Gasteiger partial charge is 0.317 e. The van der Waals surface area contributed by atoms with Crippen LogP contribution in [0.15, 0.2) is 30.9 Å². The molecule has 4 amide bonds. The molecule has 8 nitrogen and oxygen atoms in total. The van der Waals surface area contributed by atoms with Crippen molar-refractivity contribution in [2.45, 2.75) is 50.2 Å². The van der Waals surface area contributed by atoms with Gasteiger partial charge in [-0.3, -0.25) is 29.4 Å². The van der Waals surface area contributed by atoms with Gasteiger partial charge in [-0.2, -0.15) is 0 Å². The second-order valence-electron chi connectivity index (χ2n) is 8.20. The number of carbonyl (C=O) groups is 4. The molecule has 0 radical (unpaired) electrons. The number of imide groups is 2. The Morgan fingerprint density at radius 3 is 2.57 bits per heavy atom. The molecule has 1 atom stereocenters. The van der Waals surface area contributed by atoms with E-state index in [9.17, 15) is 19.2 Å². The average molecular weight is 410 g/mol. The summed E-state index contributed by atoms with van der Waals surface area (Å²) in [5.41, 5.74) is 1.50. The van der Waals surface area contributed by atoms with Crippen LogP contribution in [0.5, 0.6) is 0 Å². The van der Waals surface area contributed by atoms with Crippen molar-refractivity contribution in [1.82, 2.24) is 20.9 Å². The molecule has 0 aliphatic carbocycles. The molecule has 0 bridgehead atoms. The summed E-state index contributed by atoms with van der Waals surface area (Å²) in [7, 11) is 0. The van der Waals surface area contributed by atoms with Gasteiger partial charge in [0.15, 0.2) is 0 Å². The van der Waals surface area contributed by atoms with Crippen molar-refractivity contribution in [3.63, 3.8) is 0 Å². The van der Waals surface area contributed by atoms with Gasteiger partial charge < -0.3 is 10.6 Å². The Hall–Kier alpha value is -2.84. The van der Waals surface area contributed by atoms with E-state index < -0.39 is 23.8 Å². The van der Waals surface area contributed by atoms with Gasteiger partial charge in [0.25, 0.3) is 11.8 Å². The first kappa shape index (κ1) is 20.4. The Balaban J connectivity index is 1.51. The third kappa shape index (κ3) is 3.68. The maximum absolute atomic E-state index is 13.0. The molecule has 0 spiro atoms. The zero-order valence-electron chi connectivity index (χ0n) is 16.8. The van der Waals surface area contributed by atoms with Crippen molar-refractivity contribution >= 4 is 23.6 Å². The second-order valence-corrected chi connectivity index (χ2v) is 8.20. The number of fused-ring (bicyclic) bond motifs is 1. The van der Waals surface area contributed by atoms with Crippen LogP contribution >= 0.6 is 0 Å². The summed E-state index contributed by atoms with van der Waals surface area (Å²) in [4.78, 5) is 50.3. The molecule has 1 unspecified atom stereocenters. The maximum Gasteiger partial charge on any atom is 0.262 e. The Labute approximate surface area is 175 Å². The van der Waals surface area contributed by atoms with Gasteiger partial charge >= 0.3 is 0 Å². The zero-order chi connectivity index (χ0) is 21.3. The van der Waals surface area contributed by atoms with E-state index in [0.29, 0.717) is 17.7 Å². The maximum atomic E-state index is 13.0. The molecule has 0 aromatic heterocycles. The van der Waals surface area contributed by atoms with E-state index in [0.717, 1.165) is 42.8 Å². The molecule has 1 aromatic rings. The number of hydrogen-bond donors (Lipinski definition) is 3. The molecule has 3 N–H and O–H groups in total. The van der Waals surface area contributed by atoms with Gasteiger partial charge in [-0.05, 0) is 56.5 Å². The topological polar surface area (TPSA) is 108 Å². The van der Waals surface area contributed by atoms with Crippen LogP contribution in [0.1, 0.15) is 58.4 Å². The lowest BCUT2D eigenvalue weighted by Gasteiger charge is -2.38. The highest BCUT2D eigenvalue weighted by molar-refractivity contribution is 6.23. The van der Waals surface area contributed by atoms with Crippen molar-refractivity contribution in [3.8, 4) is 0 Å². The average Bonchev–Trinajstić information content (AvgIpc) is 2.98. The minimum Gasteiger partial charge on any atom is -0.317 e. The van der Waals surface area contributed by atoms with E-state index in [-0.39, 0.29) is 24.3 Å². The number of piperidine rings is 2. The number of hydrogen-bond acceptors (Lipinski definition) is 6. The van der Waals surface area contributed by atoms with Gasteiger partial charge in [0.1, 0.15) is 6.04 Å². The first-order valence-corrected chi connectivity index (χ1v) is 10.4. The molecule has 3 aliphatic rings. The van der Waals surface area contributed by atoms with Crippen LogP contribution < -0.4 is 16.0 Å². The van der Waals surface area contributed by atoms with Gasteiger partial charge in [0, 0.05) is 18.5 Å². The summed E-state index contributed by atoms with van der Waals surface area (Å²) in [6.07, 6.45) is 5.04. The lowest BCUT2D eigenvalue weighted by molar-refractivity contribution is -0.136. The summed E-state index contributed by atoms with van der Waals surface area (Å²) in [5, 5.41) is 9.21. The molecular weight excluding hydrogens is 384 g/mol. The molecule has 3 aliphatic heterocycles. The van der Waals surface area contributed by atoms with Gasteiger partial charge in [0.05, 0.1) is 11.1 Å². The second kappa shape index (κ2) is 8.12. The Morgan fingerprint density at radius 1 is 1.13 bits per heavy atom. The first-order chi connectivity index (χ1) is 14.4. The fourth-order valence-electron chi connectivity index (χ4n) is 4.55. The molecule has 1 aromatic carbocycles. The standard InChI is InChI=1S/C22H26N4O4/c1-2-7-22(8-10-23-11-9-22)24-13-14-3-4-15-16(12-14)21(30)26(20(15)29)17-5-6-18(27)25-19(17)28/h2-4,12,17,23-24H,1,5-11,13H2,(H,25,27,28). The summed E-state index contributed by atoms with van der Waals surface area (Å²) < 4.78 is 0. The third-order valence-electron chi connectivity index (χ3n) is 6.27. The van der Waals surface area contributed by atoms with Crippen molar-refractivity contribution in [3.05, 3.63) is 47.5 Å². The molecule has 158 valence electrons. The molecule has 8 heteroatoms. The number of rotatable bonds is 6. The van der Waals surface area contributed by atoms with Crippen LogP contribution in [0.2, 0.25) is 0 Å². The lowest BCUT2D eigenvalue weighted by atomic mass is 9.85. The Kier molecular flexibility index (Phi) is 5.53. The van der Waals surface area contributed by atoms with Crippen molar-refractivity contribution in [1.29, 1.82) is 0 Å². The molecule has 4 rings (SSSR count). The van der Waals surface area contributed by atoms with Crippen LogP contribution in [-0.4, -0.2) is 53.2 Å². The molecule has 3 heterocycles.